The van der Waals surface area contributed by atoms with Crippen LogP contribution in [0, 0.1) is 0 Å². The SMILES string of the molecule is ClCc1ccccc1OCc1cc(Cl)ccc1Cl. The van der Waals surface area contributed by atoms with Gasteiger partial charge in [-0.05, 0) is 24.3 Å². The molecule has 0 N–H and O–H groups in total. The predicted molar refractivity (Wildman–Crippen MR) is 76.8 cm³/mol. The minimum absolute atomic E-state index is 0.368. The van der Waals surface area contributed by atoms with Gasteiger partial charge in [0.05, 0.1) is 5.88 Å². The lowest BCUT2D eigenvalue weighted by Crippen LogP contribution is -1.98. The van der Waals surface area contributed by atoms with E-state index in [1.165, 1.54) is 0 Å². The lowest BCUT2D eigenvalue weighted by molar-refractivity contribution is 0.304. The van der Waals surface area contributed by atoms with Crippen LogP contribution in [-0.4, -0.2) is 0 Å². The van der Waals surface area contributed by atoms with Crippen LogP contribution in [0.15, 0.2) is 42.5 Å². The van der Waals surface area contributed by atoms with Crippen LogP contribution >= 0.6 is 34.8 Å². The number of hydrogen-bond donors (Lipinski definition) is 0. The molecule has 0 amide bonds. The highest BCUT2D eigenvalue weighted by molar-refractivity contribution is 6.33. The fraction of sp³-hybridized carbons (Fsp3) is 0.143. The topological polar surface area (TPSA) is 9.23 Å². The van der Waals surface area contributed by atoms with E-state index in [-0.39, 0.29) is 0 Å². The second-order valence-corrected chi connectivity index (χ2v) is 4.88. The van der Waals surface area contributed by atoms with Crippen molar-refractivity contribution in [1.29, 1.82) is 0 Å². The molecule has 4 heteroatoms. The molecule has 0 aliphatic heterocycles. The largest absolute Gasteiger partial charge is 0.489 e. The average molecular weight is 302 g/mol. The van der Waals surface area contributed by atoms with E-state index in [0.29, 0.717) is 22.5 Å². The molecule has 0 radical (unpaired) electrons. The van der Waals surface area contributed by atoms with Gasteiger partial charge in [-0.25, -0.2) is 0 Å². The Morgan fingerprint density at radius 1 is 0.944 bits per heavy atom. The highest BCUT2D eigenvalue weighted by Gasteiger charge is 2.05. The first-order valence-corrected chi connectivity index (χ1v) is 6.70. The summed E-state index contributed by atoms with van der Waals surface area (Å²) in [6, 6.07) is 13.0. The maximum atomic E-state index is 6.07. The molecule has 0 aromatic heterocycles. The minimum Gasteiger partial charge on any atom is -0.489 e. The number of hydrogen-bond acceptors (Lipinski definition) is 1. The molecule has 0 unspecified atom stereocenters. The van der Waals surface area contributed by atoms with Crippen molar-refractivity contribution < 1.29 is 4.74 Å². The van der Waals surface area contributed by atoms with Crippen molar-refractivity contribution in [3.05, 3.63) is 63.6 Å². The third-order valence-electron chi connectivity index (χ3n) is 2.51. The van der Waals surface area contributed by atoms with Gasteiger partial charge in [0, 0.05) is 21.2 Å². The van der Waals surface area contributed by atoms with Crippen LogP contribution < -0.4 is 4.74 Å². The Balaban J connectivity index is 2.14. The van der Waals surface area contributed by atoms with E-state index in [1.54, 1.807) is 18.2 Å². The number of ether oxygens (including phenoxy) is 1. The van der Waals surface area contributed by atoms with E-state index in [9.17, 15) is 0 Å². The molecule has 0 aliphatic rings. The van der Waals surface area contributed by atoms with Gasteiger partial charge in [-0.1, -0.05) is 41.4 Å². The second-order valence-electron chi connectivity index (χ2n) is 3.77. The molecule has 2 rings (SSSR count). The van der Waals surface area contributed by atoms with Gasteiger partial charge < -0.3 is 4.74 Å². The molecule has 0 heterocycles. The standard InChI is InChI=1S/C14H11Cl3O/c15-8-10-3-1-2-4-14(10)18-9-11-7-12(16)5-6-13(11)17/h1-7H,8-9H2. The summed E-state index contributed by atoms with van der Waals surface area (Å²) in [5.74, 6) is 1.18. The van der Waals surface area contributed by atoms with E-state index in [0.717, 1.165) is 16.9 Å². The monoisotopic (exact) mass is 300 g/mol. The highest BCUT2D eigenvalue weighted by Crippen LogP contribution is 2.24. The highest BCUT2D eigenvalue weighted by atomic mass is 35.5. The fourth-order valence-electron chi connectivity index (χ4n) is 1.56. The summed E-state index contributed by atoms with van der Waals surface area (Å²) in [4.78, 5) is 0. The van der Waals surface area contributed by atoms with Crippen molar-refractivity contribution in [2.24, 2.45) is 0 Å². The van der Waals surface area contributed by atoms with E-state index in [2.05, 4.69) is 0 Å². The minimum atomic E-state index is 0.368. The molecule has 0 atom stereocenters. The smallest absolute Gasteiger partial charge is 0.124 e. The molecular weight excluding hydrogens is 291 g/mol. The van der Waals surface area contributed by atoms with Gasteiger partial charge in [0.2, 0.25) is 0 Å². The molecule has 0 bridgehead atoms. The van der Waals surface area contributed by atoms with E-state index in [4.69, 9.17) is 39.5 Å². The molecule has 18 heavy (non-hydrogen) atoms. The van der Waals surface area contributed by atoms with Gasteiger partial charge >= 0.3 is 0 Å². The molecule has 0 saturated carbocycles. The molecule has 2 aromatic rings. The van der Waals surface area contributed by atoms with E-state index >= 15 is 0 Å². The van der Waals surface area contributed by atoms with Crippen LogP contribution in [0.5, 0.6) is 5.75 Å². The summed E-state index contributed by atoms with van der Waals surface area (Å²) in [5, 5.41) is 1.28. The summed E-state index contributed by atoms with van der Waals surface area (Å²) in [7, 11) is 0. The van der Waals surface area contributed by atoms with Gasteiger partial charge in [-0.2, -0.15) is 0 Å². The van der Waals surface area contributed by atoms with Gasteiger partial charge in [0.1, 0.15) is 12.4 Å². The Morgan fingerprint density at radius 2 is 1.72 bits per heavy atom. The maximum Gasteiger partial charge on any atom is 0.124 e. The summed E-state index contributed by atoms with van der Waals surface area (Å²) in [5.41, 5.74) is 1.81. The normalized spacial score (nSPS) is 10.4. The number of benzene rings is 2. The number of rotatable bonds is 4. The zero-order chi connectivity index (χ0) is 13.0. The Bertz CT molecular complexity index is 540. The Hall–Kier alpha value is -0.890. The lowest BCUT2D eigenvalue weighted by atomic mass is 10.2. The summed E-state index contributed by atoms with van der Waals surface area (Å²) < 4.78 is 5.72. The Morgan fingerprint density at radius 3 is 2.50 bits per heavy atom. The van der Waals surface area contributed by atoms with Gasteiger partial charge in [-0.3, -0.25) is 0 Å². The van der Waals surface area contributed by atoms with Crippen LogP contribution in [-0.2, 0) is 12.5 Å². The average Bonchev–Trinajstić information content (AvgIpc) is 2.40. The zero-order valence-corrected chi connectivity index (χ0v) is 11.8. The number of para-hydroxylation sites is 1. The first-order valence-electron chi connectivity index (χ1n) is 5.41. The lowest BCUT2D eigenvalue weighted by Gasteiger charge is -2.11. The van der Waals surface area contributed by atoms with Crippen molar-refractivity contribution >= 4 is 34.8 Å². The molecule has 94 valence electrons. The van der Waals surface area contributed by atoms with Crippen LogP contribution in [0.25, 0.3) is 0 Å². The Kier molecular flexibility index (Phi) is 4.76. The van der Waals surface area contributed by atoms with Crippen molar-refractivity contribution in [3.8, 4) is 5.75 Å². The summed E-state index contributed by atoms with van der Waals surface area (Å²) in [6.07, 6.45) is 0. The Labute approximate surface area is 121 Å². The second kappa shape index (κ2) is 6.33. The zero-order valence-electron chi connectivity index (χ0n) is 9.50. The molecule has 0 fully saturated rings. The first-order chi connectivity index (χ1) is 8.70. The molecule has 0 saturated heterocycles. The van der Waals surface area contributed by atoms with Gasteiger partial charge in [-0.15, -0.1) is 11.6 Å². The molecule has 0 spiro atoms. The van der Waals surface area contributed by atoms with Crippen molar-refractivity contribution in [1.82, 2.24) is 0 Å². The van der Waals surface area contributed by atoms with Crippen LogP contribution in [0.4, 0.5) is 0 Å². The van der Waals surface area contributed by atoms with Crippen molar-refractivity contribution in [3.63, 3.8) is 0 Å². The third kappa shape index (κ3) is 3.32. The van der Waals surface area contributed by atoms with Crippen molar-refractivity contribution in [2.75, 3.05) is 0 Å². The quantitative estimate of drug-likeness (QED) is 0.695. The van der Waals surface area contributed by atoms with Gasteiger partial charge in [0.15, 0.2) is 0 Å². The van der Waals surface area contributed by atoms with Gasteiger partial charge in [0.25, 0.3) is 0 Å². The first kappa shape index (κ1) is 13.5. The van der Waals surface area contributed by atoms with Crippen LogP contribution in [0.3, 0.4) is 0 Å². The number of alkyl halides is 1. The summed E-state index contributed by atoms with van der Waals surface area (Å²) in [6.45, 7) is 0.368. The predicted octanol–water partition coefficient (Wildman–Crippen LogP) is 5.31. The molecular formula is C14H11Cl3O. The fourth-order valence-corrected chi connectivity index (χ4v) is 2.15. The van der Waals surface area contributed by atoms with Crippen molar-refractivity contribution in [2.45, 2.75) is 12.5 Å². The molecule has 1 nitrogen and oxygen atoms in total. The van der Waals surface area contributed by atoms with E-state index < -0.39 is 0 Å². The third-order valence-corrected chi connectivity index (χ3v) is 3.40. The summed E-state index contributed by atoms with van der Waals surface area (Å²) >= 11 is 17.8. The van der Waals surface area contributed by atoms with Crippen LogP contribution in [0.1, 0.15) is 11.1 Å². The number of halogens is 3. The van der Waals surface area contributed by atoms with E-state index in [1.807, 2.05) is 24.3 Å². The van der Waals surface area contributed by atoms with Crippen LogP contribution in [0.2, 0.25) is 10.0 Å². The molecule has 0 aliphatic carbocycles. The molecule has 2 aromatic carbocycles. The maximum absolute atomic E-state index is 6.07.